The molecule has 1 saturated heterocycles. The summed E-state index contributed by atoms with van der Waals surface area (Å²) in [6, 6.07) is 5.05. The lowest BCUT2D eigenvalue weighted by Gasteiger charge is -2.30. The van der Waals surface area contributed by atoms with E-state index in [4.69, 9.17) is 16.3 Å². The average molecular weight is 273 g/mol. The van der Waals surface area contributed by atoms with Crippen molar-refractivity contribution in [1.82, 2.24) is 10.2 Å². The van der Waals surface area contributed by atoms with Gasteiger partial charge in [-0.15, -0.1) is 0 Å². The summed E-state index contributed by atoms with van der Waals surface area (Å²) in [7, 11) is 2.08. The minimum Gasteiger partial charge on any atom is -0.374 e. The summed E-state index contributed by atoms with van der Waals surface area (Å²) in [6.07, 6.45) is 0.172. The second-order valence-corrected chi connectivity index (χ2v) is 5.01. The van der Waals surface area contributed by atoms with Crippen molar-refractivity contribution in [1.29, 1.82) is 0 Å². The van der Waals surface area contributed by atoms with Gasteiger partial charge in [-0.05, 0) is 13.1 Å². The zero-order valence-corrected chi connectivity index (χ0v) is 11.2. The van der Waals surface area contributed by atoms with Crippen molar-refractivity contribution in [2.45, 2.75) is 12.6 Å². The highest BCUT2D eigenvalue weighted by Crippen LogP contribution is 2.17. The van der Waals surface area contributed by atoms with Crippen molar-refractivity contribution in [2.24, 2.45) is 0 Å². The number of hydrogen-bond acceptors (Lipinski definition) is 3. The van der Waals surface area contributed by atoms with Crippen LogP contribution in [-0.2, 0) is 11.3 Å². The first-order chi connectivity index (χ1) is 8.66. The van der Waals surface area contributed by atoms with E-state index in [1.807, 2.05) is 0 Å². The van der Waals surface area contributed by atoms with Gasteiger partial charge in [-0.2, -0.15) is 0 Å². The molecule has 1 aromatic rings. The van der Waals surface area contributed by atoms with E-state index in [9.17, 15) is 4.39 Å². The summed E-state index contributed by atoms with van der Waals surface area (Å²) < 4.78 is 19.2. The summed E-state index contributed by atoms with van der Waals surface area (Å²) in [4.78, 5) is 2.23. The molecule has 0 bridgehead atoms. The molecule has 1 atom stereocenters. The molecule has 0 saturated carbocycles. The standard InChI is InChI=1S/C13H18ClFN2O/c1-17-5-6-18-11(9-17)8-16-7-10-3-2-4-12(14)13(10)15/h2-4,11,16H,5-9H2,1H3. The molecule has 100 valence electrons. The van der Waals surface area contributed by atoms with Gasteiger partial charge in [-0.3, -0.25) is 0 Å². The molecule has 1 aliphatic heterocycles. The minimum atomic E-state index is -0.339. The Bertz CT molecular complexity index is 403. The third kappa shape index (κ3) is 3.65. The number of morpholine rings is 1. The normalized spacial score (nSPS) is 21.2. The van der Waals surface area contributed by atoms with Crippen molar-refractivity contribution in [3.63, 3.8) is 0 Å². The summed E-state index contributed by atoms with van der Waals surface area (Å²) >= 11 is 5.73. The van der Waals surface area contributed by atoms with Gasteiger partial charge in [0, 0.05) is 31.7 Å². The van der Waals surface area contributed by atoms with Gasteiger partial charge in [0.15, 0.2) is 0 Å². The number of nitrogens with zero attached hydrogens (tertiary/aromatic N) is 1. The fourth-order valence-corrected chi connectivity index (χ4v) is 2.24. The van der Waals surface area contributed by atoms with E-state index in [0.717, 1.165) is 26.2 Å². The maximum absolute atomic E-state index is 13.6. The van der Waals surface area contributed by atoms with Gasteiger partial charge in [0.2, 0.25) is 0 Å². The molecule has 3 nitrogen and oxygen atoms in total. The molecule has 2 rings (SSSR count). The fourth-order valence-electron chi connectivity index (χ4n) is 2.04. The van der Waals surface area contributed by atoms with Crippen LogP contribution in [0.25, 0.3) is 0 Å². The van der Waals surface area contributed by atoms with E-state index in [2.05, 4.69) is 17.3 Å². The van der Waals surface area contributed by atoms with Crippen molar-refractivity contribution >= 4 is 11.6 Å². The molecule has 18 heavy (non-hydrogen) atoms. The van der Waals surface area contributed by atoms with Crippen molar-refractivity contribution in [3.05, 3.63) is 34.6 Å². The molecule has 0 amide bonds. The lowest BCUT2D eigenvalue weighted by atomic mass is 10.2. The number of nitrogens with one attached hydrogen (secondary N) is 1. The first-order valence-electron chi connectivity index (χ1n) is 6.10. The van der Waals surface area contributed by atoms with E-state index in [0.29, 0.717) is 12.1 Å². The Balaban J connectivity index is 1.79. The molecule has 1 aromatic carbocycles. The summed E-state index contributed by atoms with van der Waals surface area (Å²) in [5.41, 5.74) is 0.590. The van der Waals surface area contributed by atoms with Crippen LogP contribution in [0, 0.1) is 5.82 Å². The Labute approximate surface area is 112 Å². The van der Waals surface area contributed by atoms with Crippen LogP contribution in [0.2, 0.25) is 5.02 Å². The Hall–Kier alpha value is -0.680. The Morgan fingerprint density at radius 1 is 1.56 bits per heavy atom. The molecule has 1 aliphatic rings. The smallest absolute Gasteiger partial charge is 0.146 e. The number of likely N-dealkylation sites (N-methyl/N-ethyl adjacent to an activating group) is 1. The Morgan fingerprint density at radius 3 is 3.17 bits per heavy atom. The van der Waals surface area contributed by atoms with Gasteiger partial charge in [-0.1, -0.05) is 23.7 Å². The third-order valence-corrected chi connectivity index (χ3v) is 3.35. The minimum absolute atomic E-state index is 0.169. The molecule has 1 N–H and O–H groups in total. The van der Waals surface area contributed by atoms with Crippen LogP contribution in [0.1, 0.15) is 5.56 Å². The van der Waals surface area contributed by atoms with Crippen LogP contribution in [0.3, 0.4) is 0 Å². The molecular formula is C13H18ClFN2O. The number of halogens is 2. The molecule has 0 spiro atoms. The summed E-state index contributed by atoms with van der Waals surface area (Å²) in [6.45, 7) is 3.82. The molecule has 0 aromatic heterocycles. The van der Waals surface area contributed by atoms with E-state index >= 15 is 0 Å². The molecule has 0 aliphatic carbocycles. The predicted molar refractivity (Wildman–Crippen MR) is 70.4 cm³/mol. The second kappa shape index (κ2) is 6.48. The van der Waals surface area contributed by atoms with Gasteiger partial charge >= 0.3 is 0 Å². The average Bonchev–Trinajstić information content (AvgIpc) is 2.35. The lowest BCUT2D eigenvalue weighted by Crippen LogP contribution is -2.44. The zero-order valence-electron chi connectivity index (χ0n) is 10.5. The van der Waals surface area contributed by atoms with Crippen LogP contribution < -0.4 is 5.32 Å². The van der Waals surface area contributed by atoms with Crippen LogP contribution in [0.4, 0.5) is 4.39 Å². The quantitative estimate of drug-likeness (QED) is 0.906. The Kier molecular flexibility index (Phi) is 4.95. The topological polar surface area (TPSA) is 24.5 Å². The van der Waals surface area contributed by atoms with E-state index in [1.165, 1.54) is 0 Å². The van der Waals surface area contributed by atoms with Crippen molar-refractivity contribution < 1.29 is 9.13 Å². The summed E-state index contributed by atoms with van der Waals surface area (Å²) in [5, 5.41) is 3.38. The molecule has 1 fully saturated rings. The predicted octanol–water partition coefficient (Wildman–Crippen LogP) is 1.90. The molecular weight excluding hydrogens is 255 g/mol. The van der Waals surface area contributed by atoms with Crippen molar-refractivity contribution in [2.75, 3.05) is 33.3 Å². The maximum atomic E-state index is 13.6. The third-order valence-electron chi connectivity index (χ3n) is 3.06. The van der Waals surface area contributed by atoms with Gasteiger partial charge in [0.1, 0.15) is 5.82 Å². The molecule has 0 radical (unpaired) electrons. The Morgan fingerprint density at radius 2 is 2.39 bits per heavy atom. The van der Waals surface area contributed by atoms with E-state index < -0.39 is 0 Å². The summed E-state index contributed by atoms with van der Waals surface area (Å²) in [5.74, 6) is -0.339. The van der Waals surface area contributed by atoms with Crippen molar-refractivity contribution in [3.8, 4) is 0 Å². The molecule has 1 unspecified atom stereocenters. The number of ether oxygens (including phenoxy) is 1. The maximum Gasteiger partial charge on any atom is 0.146 e. The molecule has 1 heterocycles. The largest absolute Gasteiger partial charge is 0.374 e. The van der Waals surface area contributed by atoms with Crippen LogP contribution in [0.15, 0.2) is 18.2 Å². The first kappa shape index (κ1) is 13.7. The number of hydrogen-bond donors (Lipinski definition) is 1. The van der Waals surface area contributed by atoms with E-state index in [-0.39, 0.29) is 16.9 Å². The van der Waals surface area contributed by atoms with Gasteiger partial charge in [0.25, 0.3) is 0 Å². The fraction of sp³-hybridized carbons (Fsp3) is 0.538. The number of benzene rings is 1. The van der Waals surface area contributed by atoms with Gasteiger partial charge in [-0.25, -0.2) is 4.39 Å². The highest BCUT2D eigenvalue weighted by molar-refractivity contribution is 6.30. The SMILES string of the molecule is CN1CCOC(CNCc2cccc(Cl)c2F)C1. The highest BCUT2D eigenvalue weighted by atomic mass is 35.5. The van der Waals surface area contributed by atoms with Gasteiger partial charge in [0.05, 0.1) is 17.7 Å². The second-order valence-electron chi connectivity index (χ2n) is 4.60. The monoisotopic (exact) mass is 272 g/mol. The lowest BCUT2D eigenvalue weighted by molar-refractivity contribution is -0.0182. The van der Waals surface area contributed by atoms with Crippen LogP contribution >= 0.6 is 11.6 Å². The highest BCUT2D eigenvalue weighted by Gasteiger charge is 2.17. The van der Waals surface area contributed by atoms with Gasteiger partial charge < -0.3 is 15.0 Å². The van der Waals surface area contributed by atoms with E-state index in [1.54, 1.807) is 18.2 Å². The first-order valence-corrected chi connectivity index (χ1v) is 6.48. The number of rotatable bonds is 4. The van der Waals surface area contributed by atoms with Crippen LogP contribution in [0.5, 0.6) is 0 Å². The van der Waals surface area contributed by atoms with Crippen LogP contribution in [-0.4, -0.2) is 44.3 Å². The zero-order chi connectivity index (χ0) is 13.0. The molecule has 5 heteroatoms.